The molecule has 3 N–H and O–H groups in total. The monoisotopic (exact) mass is 504 g/mol. The Morgan fingerprint density at radius 3 is 2.65 bits per heavy atom. The minimum Gasteiger partial charge on any atom is -0.354 e. The third kappa shape index (κ3) is 5.88. The van der Waals surface area contributed by atoms with Crippen molar-refractivity contribution in [1.29, 1.82) is 0 Å². The highest BCUT2D eigenvalue weighted by molar-refractivity contribution is 8.70. The van der Waals surface area contributed by atoms with Gasteiger partial charge in [0.2, 0.25) is 5.95 Å². The number of hydrogen-bond acceptors (Lipinski definition) is 8. The van der Waals surface area contributed by atoms with Crippen molar-refractivity contribution in [3.63, 3.8) is 0 Å². The number of nitrogens with zero attached hydrogens (tertiary/aromatic N) is 4. The summed E-state index contributed by atoms with van der Waals surface area (Å²) in [4.78, 5) is 20.0. The summed E-state index contributed by atoms with van der Waals surface area (Å²) in [5, 5.41) is 3.34. The summed E-state index contributed by atoms with van der Waals surface area (Å²) in [6.45, 7) is 8.78. The highest BCUT2D eigenvalue weighted by Gasteiger charge is 2.19. The molecule has 1 aromatic carbocycles. The number of aromatic amines is 1. The van der Waals surface area contributed by atoms with Crippen molar-refractivity contribution < 1.29 is 13.0 Å². The number of aryl methyl sites for hydroxylation is 3. The van der Waals surface area contributed by atoms with Gasteiger partial charge in [0.15, 0.2) is 0 Å². The van der Waals surface area contributed by atoms with Gasteiger partial charge in [-0.3, -0.25) is 4.55 Å². The summed E-state index contributed by atoms with van der Waals surface area (Å²) in [6.07, 6.45) is 6.66. The number of nitrogens with one attached hydrogen (secondary N) is 2. The Morgan fingerprint density at radius 2 is 1.97 bits per heavy atom. The zero-order valence-electron chi connectivity index (χ0n) is 20.1. The summed E-state index contributed by atoms with van der Waals surface area (Å²) < 4.78 is 32.1. The van der Waals surface area contributed by atoms with E-state index in [1.54, 1.807) is 13.1 Å². The second kappa shape index (κ2) is 10.2. The van der Waals surface area contributed by atoms with Gasteiger partial charge in [0.25, 0.3) is 0 Å². The largest absolute Gasteiger partial charge is 0.354 e. The number of fused-ring (bicyclic) bond motifs is 1. The van der Waals surface area contributed by atoms with E-state index in [-0.39, 0.29) is 0 Å². The lowest BCUT2D eigenvalue weighted by Crippen LogP contribution is -2.30. The van der Waals surface area contributed by atoms with Crippen LogP contribution in [0.5, 0.6) is 0 Å². The van der Waals surface area contributed by atoms with E-state index in [1.807, 2.05) is 19.9 Å². The van der Waals surface area contributed by atoms with Gasteiger partial charge >= 0.3 is 9.15 Å². The molecule has 184 valence electrons. The first kappa shape index (κ1) is 24.9. The van der Waals surface area contributed by atoms with Crippen LogP contribution in [0.25, 0.3) is 22.4 Å². The summed E-state index contributed by atoms with van der Waals surface area (Å²) in [7, 11) is -1.59. The van der Waals surface area contributed by atoms with E-state index in [1.165, 1.54) is 32.4 Å². The summed E-state index contributed by atoms with van der Waals surface area (Å²) in [6, 6.07) is 1.84. The lowest BCUT2D eigenvalue weighted by atomic mass is 9.92. The quantitative estimate of drug-likeness (QED) is 0.233. The minimum absolute atomic E-state index is 0.436. The molecule has 0 spiro atoms. The molecule has 1 fully saturated rings. The molecule has 34 heavy (non-hydrogen) atoms. The number of anilines is 1. The molecule has 1 saturated heterocycles. The molecule has 0 unspecified atom stereocenters. The predicted octanol–water partition coefficient (Wildman–Crippen LogP) is 4.37. The van der Waals surface area contributed by atoms with Crippen molar-refractivity contribution in [2.75, 3.05) is 32.0 Å². The number of H-pyrrole nitrogens is 1. The molecule has 0 amide bonds. The van der Waals surface area contributed by atoms with Gasteiger partial charge in [-0.25, -0.2) is 15.0 Å². The van der Waals surface area contributed by atoms with Gasteiger partial charge < -0.3 is 15.2 Å². The Labute approximate surface area is 204 Å². The molecule has 0 radical (unpaired) electrons. The van der Waals surface area contributed by atoms with E-state index in [4.69, 9.17) is 0 Å². The molecule has 4 rings (SSSR count). The fourth-order valence-electron chi connectivity index (χ4n) is 4.55. The third-order valence-electron chi connectivity index (χ3n) is 6.48. The molecule has 9 nitrogen and oxygen atoms in total. The molecule has 0 aliphatic carbocycles. The molecule has 3 heterocycles. The Balaban J connectivity index is 1.45. The summed E-state index contributed by atoms with van der Waals surface area (Å²) in [5.74, 6) is 2.05. The van der Waals surface area contributed by atoms with Crippen LogP contribution in [-0.4, -0.2) is 64.5 Å². The maximum Gasteiger partial charge on any atom is 0.324 e. The third-order valence-corrected chi connectivity index (χ3v) is 8.62. The zero-order chi connectivity index (χ0) is 24.5. The van der Waals surface area contributed by atoms with E-state index in [9.17, 15) is 13.0 Å². The van der Waals surface area contributed by atoms with Crippen LogP contribution >= 0.6 is 10.8 Å². The first-order valence-electron chi connectivity index (χ1n) is 11.5. The van der Waals surface area contributed by atoms with Crippen LogP contribution in [0.1, 0.15) is 42.5 Å². The maximum atomic E-state index is 11.4. The lowest BCUT2D eigenvalue weighted by Gasteiger charge is -2.28. The Morgan fingerprint density at radius 1 is 1.24 bits per heavy atom. The van der Waals surface area contributed by atoms with Gasteiger partial charge in [0.1, 0.15) is 5.82 Å². The minimum atomic E-state index is -4.22. The average Bonchev–Trinajstić information content (AvgIpc) is 3.18. The highest BCUT2D eigenvalue weighted by atomic mass is 33.1. The number of benzene rings is 1. The maximum absolute atomic E-state index is 11.4. The number of imidazole rings is 1. The summed E-state index contributed by atoms with van der Waals surface area (Å²) >= 11 is 0. The van der Waals surface area contributed by atoms with E-state index < -0.39 is 9.15 Å². The van der Waals surface area contributed by atoms with Gasteiger partial charge in [-0.1, -0.05) is 0 Å². The molecule has 0 atom stereocenters. The first-order valence-corrected chi connectivity index (χ1v) is 14.3. The molecule has 1 aliphatic rings. The topological polar surface area (TPSA) is 124 Å². The van der Waals surface area contributed by atoms with E-state index in [0.29, 0.717) is 38.5 Å². The van der Waals surface area contributed by atoms with Crippen LogP contribution in [0.4, 0.5) is 5.95 Å². The van der Waals surface area contributed by atoms with Gasteiger partial charge in [0, 0.05) is 28.4 Å². The van der Waals surface area contributed by atoms with E-state index in [0.717, 1.165) is 41.2 Å². The number of rotatable bonds is 8. The van der Waals surface area contributed by atoms with Crippen molar-refractivity contribution in [1.82, 2.24) is 24.8 Å². The van der Waals surface area contributed by atoms with Crippen LogP contribution in [0.3, 0.4) is 0 Å². The first-order chi connectivity index (χ1) is 16.1. The highest BCUT2D eigenvalue weighted by Crippen LogP contribution is 2.35. The van der Waals surface area contributed by atoms with Crippen LogP contribution in [0, 0.1) is 26.7 Å². The number of likely N-dealkylation sites (tertiary alicyclic amines) is 1. The van der Waals surface area contributed by atoms with E-state index >= 15 is 0 Å². The second-order valence-electron chi connectivity index (χ2n) is 9.15. The predicted molar refractivity (Wildman–Crippen MR) is 137 cm³/mol. The smallest absolute Gasteiger partial charge is 0.324 e. The van der Waals surface area contributed by atoms with Gasteiger partial charge in [-0.2, -0.15) is 8.42 Å². The van der Waals surface area contributed by atoms with Crippen LogP contribution in [-0.2, 0) is 9.15 Å². The van der Waals surface area contributed by atoms with Crippen molar-refractivity contribution in [3.8, 4) is 11.4 Å². The normalized spacial score (nSPS) is 15.8. The second-order valence-corrected chi connectivity index (χ2v) is 12.3. The number of aromatic nitrogens is 4. The molecule has 2 aromatic heterocycles. The molecule has 3 aromatic rings. The Bertz CT molecular complexity index is 1280. The fourth-order valence-corrected chi connectivity index (χ4v) is 6.57. The number of piperidine rings is 1. The van der Waals surface area contributed by atoms with E-state index in [2.05, 4.69) is 37.2 Å². The summed E-state index contributed by atoms with van der Waals surface area (Å²) in [5.41, 5.74) is 4.47. The van der Waals surface area contributed by atoms with Gasteiger partial charge in [-0.15, -0.1) is 0 Å². The molecule has 0 saturated carbocycles. The Hall–Kier alpha value is -2.21. The SMILES string of the molecule is Cc1cc2[nH]c(-c3cnc(NCCCC4CCN(C)CC4)nc3C)nc2c(C)c1SS(=O)(=O)O. The molecule has 1 aliphatic heterocycles. The van der Waals surface area contributed by atoms with Crippen LogP contribution in [0.15, 0.2) is 17.2 Å². The fraction of sp³-hybridized carbons (Fsp3) is 0.522. The Kier molecular flexibility index (Phi) is 7.46. The van der Waals surface area contributed by atoms with Crippen molar-refractivity contribution >= 4 is 36.9 Å². The van der Waals surface area contributed by atoms with Crippen molar-refractivity contribution in [2.45, 2.75) is 51.3 Å². The molecular formula is C23H32N6O3S2. The molecule has 0 bridgehead atoms. The molecular weight excluding hydrogens is 472 g/mol. The average molecular weight is 505 g/mol. The number of hydrogen-bond donors (Lipinski definition) is 3. The van der Waals surface area contributed by atoms with Crippen LogP contribution in [0.2, 0.25) is 0 Å². The standard InChI is InChI=1S/C23H32N6O3S2/c1-14-12-19-20(15(2)21(14)33-34(30,31)32)28-22(27-19)18-13-25-23(26-16(18)3)24-9-5-6-17-7-10-29(4)11-8-17/h12-13,17H,5-11H2,1-4H3,(H,27,28)(H,24,25,26)(H,30,31,32). The van der Waals surface area contributed by atoms with Gasteiger partial charge in [-0.05, 0) is 89.7 Å². The van der Waals surface area contributed by atoms with Crippen LogP contribution < -0.4 is 5.32 Å². The van der Waals surface area contributed by atoms with Crippen molar-refractivity contribution in [2.24, 2.45) is 5.92 Å². The lowest BCUT2D eigenvalue weighted by molar-refractivity contribution is 0.211. The zero-order valence-corrected chi connectivity index (χ0v) is 21.7. The van der Waals surface area contributed by atoms with Crippen molar-refractivity contribution in [3.05, 3.63) is 29.1 Å². The van der Waals surface area contributed by atoms with Gasteiger partial charge in [0.05, 0.1) is 22.3 Å². The molecule has 11 heteroatoms.